The van der Waals surface area contributed by atoms with Crippen molar-refractivity contribution in [1.29, 1.82) is 0 Å². The monoisotopic (exact) mass is 219 g/mol. The maximum atomic E-state index is 4.44. The molecule has 0 spiro atoms. The average Bonchev–Trinajstić information content (AvgIpc) is 2.59. The molecule has 0 amide bonds. The van der Waals surface area contributed by atoms with Gasteiger partial charge in [0, 0.05) is 16.5 Å². The van der Waals surface area contributed by atoms with Gasteiger partial charge in [-0.2, -0.15) is 0 Å². The molecule has 2 aromatic heterocycles. The number of rotatable bonds is 1. The van der Waals surface area contributed by atoms with Crippen molar-refractivity contribution in [2.45, 2.75) is 39.5 Å². The van der Waals surface area contributed by atoms with Crippen LogP contribution in [-0.2, 0) is 11.8 Å². The third-order valence-corrected chi connectivity index (χ3v) is 4.11. The van der Waals surface area contributed by atoms with Crippen molar-refractivity contribution >= 4 is 21.6 Å². The lowest BCUT2D eigenvalue weighted by Gasteiger charge is -2.14. The highest BCUT2D eigenvalue weighted by atomic mass is 32.1. The summed E-state index contributed by atoms with van der Waals surface area (Å²) >= 11 is 1.82. The maximum Gasteiger partial charge on any atom is 0.123 e. The summed E-state index contributed by atoms with van der Waals surface area (Å²) in [5.74, 6) is 0. The predicted molar refractivity (Wildman–Crippen MR) is 67.7 cm³/mol. The van der Waals surface area contributed by atoms with E-state index in [0.717, 1.165) is 6.42 Å². The minimum atomic E-state index is 0.233. The van der Waals surface area contributed by atoms with Crippen LogP contribution in [0.25, 0.3) is 10.2 Å². The zero-order chi connectivity index (χ0) is 11.1. The lowest BCUT2D eigenvalue weighted by Crippen LogP contribution is -2.07. The Morgan fingerprint density at radius 2 is 2.07 bits per heavy atom. The second-order valence-corrected chi connectivity index (χ2v) is 5.93. The fourth-order valence-corrected chi connectivity index (χ4v) is 2.77. The van der Waals surface area contributed by atoms with Crippen LogP contribution in [0.5, 0.6) is 0 Å². The fourth-order valence-electron chi connectivity index (χ4n) is 1.67. The fraction of sp³-hybridized carbons (Fsp3) is 0.462. The first kappa shape index (κ1) is 10.6. The van der Waals surface area contributed by atoms with Crippen LogP contribution in [0.3, 0.4) is 0 Å². The molecular formula is C13H17NS. The molecule has 0 aliphatic rings. The standard InChI is InChI=1S/C13H17NS/c1-5-9-6-7-14-12-10(9)8-11(15-12)13(2,3)4/h6-8H,5H2,1-4H3. The van der Waals surface area contributed by atoms with Crippen LogP contribution >= 0.6 is 11.3 Å². The van der Waals surface area contributed by atoms with Crippen LogP contribution in [0.1, 0.15) is 38.1 Å². The van der Waals surface area contributed by atoms with Crippen LogP contribution < -0.4 is 0 Å². The highest BCUT2D eigenvalue weighted by molar-refractivity contribution is 7.18. The third-order valence-electron chi connectivity index (χ3n) is 2.65. The van der Waals surface area contributed by atoms with Gasteiger partial charge in [-0.25, -0.2) is 4.98 Å². The van der Waals surface area contributed by atoms with E-state index in [4.69, 9.17) is 0 Å². The van der Waals surface area contributed by atoms with Gasteiger partial charge in [0.2, 0.25) is 0 Å². The van der Waals surface area contributed by atoms with Crippen molar-refractivity contribution in [3.63, 3.8) is 0 Å². The average molecular weight is 219 g/mol. The van der Waals surface area contributed by atoms with E-state index in [1.807, 2.05) is 17.5 Å². The molecule has 0 atom stereocenters. The molecular weight excluding hydrogens is 202 g/mol. The second-order valence-electron chi connectivity index (χ2n) is 4.90. The van der Waals surface area contributed by atoms with E-state index < -0.39 is 0 Å². The van der Waals surface area contributed by atoms with Crippen LogP contribution in [0.15, 0.2) is 18.3 Å². The van der Waals surface area contributed by atoms with Crippen LogP contribution in [0.4, 0.5) is 0 Å². The molecule has 2 aromatic rings. The second kappa shape index (κ2) is 3.60. The Labute approximate surface area is 95.2 Å². The predicted octanol–water partition coefficient (Wildman–Crippen LogP) is 4.16. The van der Waals surface area contributed by atoms with E-state index in [0.29, 0.717) is 0 Å². The summed E-state index contributed by atoms with van der Waals surface area (Å²) in [6.07, 6.45) is 3.00. The number of nitrogens with zero attached hydrogens (tertiary/aromatic N) is 1. The van der Waals surface area contributed by atoms with E-state index in [9.17, 15) is 0 Å². The molecule has 0 N–H and O–H groups in total. The Morgan fingerprint density at radius 3 is 2.67 bits per heavy atom. The van der Waals surface area contributed by atoms with Gasteiger partial charge in [-0.1, -0.05) is 27.7 Å². The van der Waals surface area contributed by atoms with E-state index in [-0.39, 0.29) is 5.41 Å². The van der Waals surface area contributed by atoms with Crippen LogP contribution in [-0.4, -0.2) is 4.98 Å². The summed E-state index contributed by atoms with van der Waals surface area (Å²) < 4.78 is 0. The molecule has 2 heteroatoms. The van der Waals surface area contributed by atoms with Gasteiger partial charge in [0.1, 0.15) is 4.83 Å². The highest BCUT2D eigenvalue weighted by Crippen LogP contribution is 2.34. The summed E-state index contributed by atoms with van der Waals surface area (Å²) in [6.45, 7) is 8.96. The molecule has 0 saturated heterocycles. The van der Waals surface area contributed by atoms with Crippen LogP contribution in [0.2, 0.25) is 0 Å². The maximum absolute atomic E-state index is 4.44. The van der Waals surface area contributed by atoms with Crippen molar-refractivity contribution in [1.82, 2.24) is 4.98 Å². The molecule has 0 fully saturated rings. The minimum absolute atomic E-state index is 0.233. The van der Waals surface area contributed by atoms with Gasteiger partial charge in [-0.3, -0.25) is 0 Å². The number of pyridine rings is 1. The van der Waals surface area contributed by atoms with Gasteiger partial charge in [-0.05, 0) is 29.5 Å². The minimum Gasteiger partial charge on any atom is -0.245 e. The smallest absolute Gasteiger partial charge is 0.123 e. The highest BCUT2D eigenvalue weighted by Gasteiger charge is 2.17. The lowest BCUT2D eigenvalue weighted by molar-refractivity contribution is 0.604. The number of aryl methyl sites for hydroxylation is 1. The van der Waals surface area contributed by atoms with E-state index >= 15 is 0 Å². The lowest BCUT2D eigenvalue weighted by atomic mass is 9.94. The first-order chi connectivity index (χ1) is 7.02. The topological polar surface area (TPSA) is 12.9 Å². The SMILES string of the molecule is CCc1ccnc2sc(C(C)(C)C)cc12. The molecule has 2 heterocycles. The van der Waals surface area contributed by atoms with E-state index in [1.54, 1.807) is 0 Å². The quantitative estimate of drug-likeness (QED) is 0.702. The Kier molecular flexibility index (Phi) is 2.55. The summed E-state index contributed by atoms with van der Waals surface area (Å²) in [5.41, 5.74) is 1.64. The van der Waals surface area contributed by atoms with Crippen molar-refractivity contribution in [2.24, 2.45) is 0 Å². The number of hydrogen-bond acceptors (Lipinski definition) is 2. The Hall–Kier alpha value is -0.890. The normalized spacial score (nSPS) is 12.3. The number of hydrogen-bond donors (Lipinski definition) is 0. The Bertz CT molecular complexity index is 477. The summed E-state index contributed by atoms with van der Waals surface area (Å²) in [7, 11) is 0. The van der Waals surface area contributed by atoms with Crippen molar-refractivity contribution in [3.05, 3.63) is 28.8 Å². The molecule has 15 heavy (non-hydrogen) atoms. The van der Waals surface area contributed by atoms with Crippen LogP contribution in [0, 0.1) is 0 Å². The molecule has 2 rings (SSSR count). The van der Waals surface area contributed by atoms with Gasteiger partial charge >= 0.3 is 0 Å². The zero-order valence-corrected chi connectivity index (χ0v) is 10.6. The van der Waals surface area contributed by atoms with Gasteiger partial charge in [0.15, 0.2) is 0 Å². The zero-order valence-electron chi connectivity index (χ0n) is 9.79. The molecule has 0 bridgehead atoms. The van der Waals surface area contributed by atoms with Gasteiger partial charge < -0.3 is 0 Å². The molecule has 1 nitrogen and oxygen atoms in total. The number of fused-ring (bicyclic) bond motifs is 1. The number of aromatic nitrogens is 1. The van der Waals surface area contributed by atoms with Gasteiger partial charge in [-0.15, -0.1) is 11.3 Å². The first-order valence-electron chi connectivity index (χ1n) is 5.40. The molecule has 80 valence electrons. The van der Waals surface area contributed by atoms with E-state index in [1.165, 1.54) is 20.7 Å². The van der Waals surface area contributed by atoms with Crippen molar-refractivity contribution < 1.29 is 0 Å². The largest absolute Gasteiger partial charge is 0.245 e. The molecule has 0 radical (unpaired) electrons. The third kappa shape index (κ3) is 1.91. The van der Waals surface area contributed by atoms with Crippen molar-refractivity contribution in [2.75, 3.05) is 0 Å². The molecule has 0 saturated carbocycles. The van der Waals surface area contributed by atoms with E-state index in [2.05, 4.69) is 44.8 Å². The molecule has 0 aliphatic carbocycles. The Morgan fingerprint density at radius 1 is 1.33 bits per heavy atom. The summed E-state index contributed by atoms with van der Waals surface area (Å²) in [4.78, 5) is 7.04. The molecule has 0 aromatic carbocycles. The number of thiophene rings is 1. The van der Waals surface area contributed by atoms with Gasteiger partial charge in [0.25, 0.3) is 0 Å². The van der Waals surface area contributed by atoms with Crippen molar-refractivity contribution in [3.8, 4) is 0 Å². The summed E-state index contributed by atoms with van der Waals surface area (Å²) in [6, 6.07) is 4.44. The molecule has 0 aliphatic heterocycles. The first-order valence-corrected chi connectivity index (χ1v) is 6.22. The Balaban J connectivity index is 2.65. The molecule has 0 unspecified atom stereocenters. The summed E-state index contributed by atoms with van der Waals surface area (Å²) in [5, 5.41) is 1.34. The van der Waals surface area contributed by atoms with Gasteiger partial charge in [0.05, 0.1) is 0 Å².